The van der Waals surface area contributed by atoms with Crippen molar-refractivity contribution in [3.63, 3.8) is 0 Å². The SMILES string of the molecule is Nc1nc(NCCc2ccc(OCCN3CCCC3)c(F)c2)nc2nc(-c3ccco3)nn12. The fourth-order valence-electron chi connectivity index (χ4n) is 3.82. The van der Waals surface area contributed by atoms with E-state index in [1.54, 1.807) is 24.5 Å². The number of nitrogens with zero attached hydrogens (tertiary/aromatic N) is 6. The van der Waals surface area contributed by atoms with Gasteiger partial charge in [0, 0.05) is 13.1 Å². The molecule has 0 aliphatic carbocycles. The van der Waals surface area contributed by atoms with Crippen molar-refractivity contribution < 1.29 is 13.5 Å². The molecule has 0 bridgehead atoms. The number of nitrogens with two attached hydrogens (primary N) is 1. The average molecular weight is 452 g/mol. The summed E-state index contributed by atoms with van der Waals surface area (Å²) in [6.45, 7) is 4.00. The van der Waals surface area contributed by atoms with Crippen LogP contribution in [0.3, 0.4) is 0 Å². The number of furan rings is 1. The van der Waals surface area contributed by atoms with E-state index in [0.717, 1.165) is 25.2 Å². The Morgan fingerprint density at radius 2 is 2.03 bits per heavy atom. The lowest BCUT2D eigenvalue weighted by Crippen LogP contribution is -2.25. The summed E-state index contributed by atoms with van der Waals surface area (Å²) in [4.78, 5) is 15.2. The van der Waals surface area contributed by atoms with E-state index in [1.165, 1.54) is 23.4 Å². The standard InChI is InChI=1S/C22H25FN8O2/c23-16-14-15(5-6-17(16)33-13-11-30-9-1-2-10-30)7-8-25-21-27-20(24)31-22(28-21)26-19(29-31)18-4-3-12-32-18/h3-6,12,14H,1-2,7-11,13H2,(H3,24,25,26,27,28,29). The lowest BCUT2D eigenvalue weighted by molar-refractivity contribution is 0.231. The van der Waals surface area contributed by atoms with Crippen molar-refractivity contribution >= 4 is 17.7 Å². The van der Waals surface area contributed by atoms with Crippen LogP contribution in [0.1, 0.15) is 18.4 Å². The topological polar surface area (TPSA) is 120 Å². The van der Waals surface area contributed by atoms with Crippen LogP contribution in [0.15, 0.2) is 41.0 Å². The molecule has 5 rings (SSSR count). The molecule has 1 aliphatic heterocycles. The first-order valence-electron chi connectivity index (χ1n) is 11.0. The number of nitrogens with one attached hydrogen (secondary N) is 1. The van der Waals surface area contributed by atoms with E-state index in [-0.39, 0.29) is 17.5 Å². The molecule has 0 atom stereocenters. The summed E-state index contributed by atoms with van der Waals surface area (Å²) in [6, 6.07) is 8.54. The Morgan fingerprint density at radius 1 is 1.15 bits per heavy atom. The first-order chi connectivity index (χ1) is 16.2. The Morgan fingerprint density at radius 3 is 2.82 bits per heavy atom. The van der Waals surface area contributed by atoms with Crippen LogP contribution in [0.25, 0.3) is 17.4 Å². The number of likely N-dealkylation sites (tertiary alicyclic amines) is 1. The summed E-state index contributed by atoms with van der Waals surface area (Å²) < 4.78 is 26.7. The van der Waals surface area contributed by atoms with E-state index in [9.17, 15) is 4.39 Å². The number of halogens is 1. The van der Waals surface area contributed by atoms with Gasteiger partial charge >= 0.3 is 0 Å². The highest BCUT2D eigenvalue weighted by Crippen LogP contribution is 2.20. The number of nitrogen functional groups attached to an aromatic ring is 1. The largest absolute Gasteiger partial charge is 0.489 e. The molecule has 1 aromatic carbocycles. The molecule has 1 fully saturated rings. The van der Waals surface area contributed by atoms with Crippen molar-refractivity contribution in [2.45, 2.75) is 19.3 Å². The summed E-state index contributed by atoms with van der Waals surface area (Å²) in [7, 11) is 0. The van der Waals surface area contributed by atoms with E-state index in [4.69, 9.17) is 14.9 Å². The number of aromatic nitrogens is 5. The first kappa shape index (κ1) is 21.1. The van der Waals surface area contributed by atoms with Crippen LogP contribution in [-0.4, -0.2) is 62.3 Å². The zero-order valence-electron chi connectivity index (χ0n) is 18.1. The molecular formula is C22H25FN8O2. The van der Waals surface area contributed by atoms with Crippen LogP contribution >= 0.6 is 0 Å². The van der Waals surface area contributed by atoms with Crippen molar-refractivity contribution in [3.05, 3.63) is 48.0 Å². The first-order valence-corrected chi connectivity index (χ1v) is 11.0. The molecular weight excluding hydrogens is 427 g/mol. The number of rotatable bonds is 9. The van der Waals surface area contributed by atoms with Gasteiger partial charge in [-0.25, -0.2) is 4.39 Å². The van der Waals surface area contributed by atoms with Gasteiger partial charge in [0.2, 0.25) is 17.7 Å². The van der Waals surface area contributed by atoms with Gasteiger partial charge in [-0.05, 0) is 62.2 Å². The molecule has 4 heterocycles. The Bertz CT molecular complexity index is 1220. The Balaban J connectivity index is 1.16. The summed E-state index contributed by atoms with van der Waals surface area (Å²) >= 11 is 0. The minimum atomic E-state index is -0.357. The third kappa shape index (κ3) is 4.87. The van der Waals surface area contributed by atoms with Crippen molar-refractivity contribution in [1.29, 1.82) is 0 Å². The summed E-state index contributed by atoms with van der Waals surface area (Å²) in [6.07, 6.45) is 4.57. The summed E-state index contributed by atoms with van der Waals surface area (Å²) in [5.74, 6) is 1.58. The van der Waals surface area contributed by atoms with Gasteiger partial charge < -0.3 is 20.2 Å². The zero-order valence-corrected chi connectivity index (χ0v) is 18.1. The Kier molecular flexibility index (Phi) is 6.03. The highest BCUT2D eigenvalue weighted by Gasteiger charge is 2.14. The van der Waals surface area contributed by atoms with Crippen molar-refractivity contribution in [2.24, 2.45) is 0 Å². The molecule has 1 saturated heterocycles. The quantitative estimate of drug-likeness (QED) is 0.395. The second-order valence-electron chi connectivity index (χ2n) is 7.87. The molecule has 11 heteroatoms. The molecule has 3 aromatic heterocycles. The molecule has 4 aromatic rings. The number of hydrogen-bond acceptors (Lipinski definition) is 9. The molecule has 0 radical (unpaired) electrons. The van der Waals surface area contributed by atoms with Gasteiger partial charge in [-0.15, -0.1) is 5.10 Å². The van der Waals surface area contributed by atoms with E-state index >= 15 is 0 Å². The highest BCUT2D eigenvalue weighted by molar-refractivity contribution is 5.52. The average Bonchev–Trinajstić information content (AvgIpc) is 3.57. The lowest BCUT2D eigenvalue weighted by Gasteiger charge is -2.15. The molecule has 0 amide bonds. The molecule has 0 spiro atoms. The minimum absolute atomic E-state index is 0.147. The maximum absolute atomic E-state index is 14.4. The predicted octanol–water partition coefficient (Wildman–Crippen LogP) is 2.63. The van der Waals surface area contributed by atoms with Gasteiger partial charge in [0.15, 0.2) is 17.3 Å². The number of ether oxygens (including phenoxy) is 1. The van der Waals surface area contributed by atoms with Gasteiger partial charge in [-0.2, -0.15) is 19.5 Å². The summed E-state index contributed by atoms with van der Waals surface area (Å²) in [5.41, 5.74) is 6.83. The van der Waals surface area contributed by atoms with Crippen molar-refractivity contribution in [3.8, 4) is 17.3 Å². The van der Waals surface area contributed by atoms with Gasteiger partial charge in [0.25, 0.3) is 5.78 Å². The second-order valence-corrected chi connectivity index (χ2v) is 7.87. The predicted molar refractivity (Wildman–Crippen MR) is 120 cm³/mol. The molecule has 33 heavy (non-hydrogen) atoms. The van der Waals surface area contributed by atoms with E-state index in [0.29, 0.717) is 42.9 Å². The van der Waals surface area contributed by atoms with E-state index < -0.39 is 0 Å². The van der Waals surface area contributed by atoms with Crippen molar-refractivity contribution in [1.82, 2.24) is 29.5 Å². The molecule has 0 unspecified atom stereocenters. The van der Waals surface area contributed by atoms with Crippen LogP contribution in [0.4, 0.5) is 16.3 Å². The Hall–Kier alpha value is -3.73. The summed E-state index contributed by atoms with van der Waals surface area (Å²) in [5, 5.41) is 7.37. The normalized spacial score (nSPS) is 14.2. The van der Waals surface area contributed by atoms with Gasteiger partial charge in [0.1, 0.15) is 6.61 Å². The van der Waals surface area contributed by atoms with Gasteiger partial charge in [-0.1, -0.05) is 6.07 Å². The zero-order chi connectivity index (χ0) is 22.6. The van der Waals surface area contributed by atoms with Crippen molar-refractivity contribution in [2.75, 3.05) is 43.8 Å². The molecule has 10 nitrogen and oxygen atoms in total. The van der Waals surface area contributed by atoms with Crippen LogP contribution in [-0.2, 0) is 6.42 Å². The molecule has 1 aliphatic rings. The Labute approximate surface area is 189 Å². The van der Waals surface area contributed by atoms with E-state index in [2.05, 4.69) is 30.3 Å². The molecule has 3 N–H and O–H groups in total. The number of benzene rings is 1. The highest BCUT2D eigenvalue weighted by atomic mass is 19.1. The third-order valence-electron chi connectivity index (χ3n) is 5.53. The van der Waals surface area contributed by atoms with Crippen LogP contribution in [0.5, 0.6) is 5.75 Å². The van der Waals surface area contributed by atoms with E-state index in [1.807, 2.05) is 6.07 Å². The van der Waals surface area contributed by atoms with Gasteiger partial charge in [0.05, 0.1) is 6.26 Å². The maximum Gasteiger partial charge on any atom is 0.259 e. The number of hydrogen-bond donors (Lipinski definition) is 2. The second kappa shape index (κ2) is 9.41. The van der Waals surface area contributed by atoms with Crippen LogP contribution in [0, 0.1) is 5.82 Å². The monoisotopic (exact) mass is 452 g/mol. The van der Waals surface area contributed by atoms with Gasteiger partial charge in [-0.3, -0.25) is 4.90 Å². The van der Waals surface area contributed by atoms with Crippen LogP contribution < -0.4 is 15.8 Å². The minimum Gasteiger partial charge on any atom is -0.489 e. The maximum atomic E-state index is 14.4. The number of fused-ring (bicyclic) bond motifs is 1. The molecule has 0 saturated carbocycles. The lowest BCUT2D eigenvalue weighted by atomic mass is 10.1. The third-order valence-corrected chi connectivity index (χ3v) is 5.53. The smallest absolute Gasteiger partial charge is 0.259 e. The van der Waals surface area contributed by atoms with Crippen LogP contribution in [0.2, 0.25) is 0 Å². The fourth-order valence-corrected chi connectivity index (χ4v) is 3.82. The molecule has 172 valence electrons. The fraction of sp³-hybridized carbons (Fsp3) is 0.364. The number of anilines is 2.